The van der Waals surface area contributed by atoms with E-state index in [9.17, 15) is 13.6 Å². The maximum Gasteiger partial charge on any atom is 0.272 e. The van der Waals surface area contributed by atoms with E-state index in [2.05, 4.69) is 20.3 Å². The van der Waals surface area contributed by atoms with E-state index in [0.29, 0.717) is 43.6 Å². The van der Waals surface area contributed by atoms with Gasteiger partial charge in [-0.05, 0) is 31.9 Å². The van der Waals surface area contributed by atoms with Crippen molar-refractivity contribution < 1.29 is 18.3 Å². The van der Waals surface area contributed by atoms with Crippen molar-refractivity contribution >= 4 is 11.7 Å². The second-order valence-corrected chi connectivity index (χ2v) is 9.54. The van der Waals surface area contributed by atoms with Crippen LogP contribution in [0.3, 0.4) is 0 Å². The minimum Gasteiger partial charge on any atom is -0.478 e. The van der Waals surface area contributed by atoms with Gasteiger partial charge in [0.2, 0.25) is 5.88 Å². The molecule has 0 spiro atoms. The fourth-order valence-electron chi connectivity index (χ4n) is 5.33. The van der Waals surface area contributed by atoms with Crippen molar-refractivity contribution in [3.05, 3.63) is 53.6 Å². The Labute approximate surface area is 201 Å². The van der Waals surface area contributed by atoms with E-state index in [1.807, 2.05) is 35.6 Å². The average molecular weight is 484 g/mol. The highest BCUT2D eigenvalue weighted by atomic mass is 19.3. The van der Waals surface area contributed by atoms with Crippen LogP contribution in [0.2, 0.25) is 0 Å². The standard InChI is InChI=1S/C24H27F2N7O2/c1-3-35-23-14(4-7-20(30-23)33-9-15-16(10-33)24(15,25)26)8-32-11-18(27-13-32)22(34)29-17-5-6-19-21(17)28-12-31(19)2/h4,7,11-13,15-17H,3,5-6,8-10H2,1-2H3,(H,29,34)/t15?,16?,17-/m1/s1. The number of halogens is 2. The number of aromatic nitrogens is 5. The summed E-state index contributed by atoms with van der Waals surface area (Å²) in [6.07, 6.45) is 6.79. The Hall–Kier alpha value is -3.50. The summed E-state index contributed by atoms with van der Waals surface area (Å²) in [5.74, 6) is -2.79. The number of carbonyl (C=O) groups excluding carboxylic acids is 1. The predicted octanol–water partition coefficient (Wildman–Crippen LogP) is 2.58. The fraction of sp³-hybridized carbons (Fsp3) is 0.500. The van der Waals surface area contributed by atoms with Gasteiger partial charge in [0.15, 0.2) is 0 Å². The van der Waals surface area contributed by atoms with Crippen molar-refractivity contribution in [2.45, 2.75) is 38.3 Å². The molecule has 0 radical (unpaired) electrons. The van der Waals surface area contributed by atoms with E-state index in [1.54, 1.807) is 23.4 Å². The molecule has 2 fully saturated rings. The number of nitrogens with one attached hydrogen (secondary N) is 1. The van der Waals surface area contributed by atoms with Crippen LogP contribution in [0, 0.1) is 11.8 Å². The van der Waals surface area contributed by atoms with Crippen LogP contribution in [0.15, 0.2) is 31.0 Å². The van der Waals surface area contributed by atoms with Gasteiger partial charge in [-0.3, -0.25) is 4.79 Å². The van der Waals surface area contributed by atoms with Crippen molar-refractivity contribution in [2.24, 2.45) is 18.9 Å². The Balaban J connectivity index is 1.13. The van der Waals surface area contributed by atoms with Crippen LogP contribution >= 0.6 is 0 Å². The van der Waals surface area contributed by atoms with E-state index in [4.69, 9.17) is 4.74 Å². The third kappa shape index (κ3) is 3.73. The van der Waals surface area contributed by atoms with E-state index in [-0.39, 0.29) is 11.9 Å². The lowest BCUT2D eigenvalue weighted by atomic mass is 10.2. The zero-order valence-electron chi connectivity index (χ0n) is 19.6. The molecule has 11 heteroatoms. The molecular weight excluding hydrogens is 456 g/mol. The molecule has 3 aromatic rings. The second-order valence-electron chi connectivity index (χ2n) is 9.54. The Morgan fingerprint density at radius 3 is 2.80 bits per heavy atom. The van der Waals surface area contributed by atoms with Crippen LogP contribution in [0.4, 0.5) is 14.6 Å². The summed E-state index contributed by atoms with van der Waals surface area (Å²) in [5, 5.41) is 3.04. The number of carbonyl (C=O) groups is 1. The molecule has 184 valence electrons. The van der Waals surface area contributed by atoms with Crippen LogP contribution in [0.5, 0.6) is 5.88 Å². The number of hydrogen-bond acceptors (Lipinski definition) is 6. The van der Waals surface area contributed by atoms with Gasteiger partial charge in [-0.1, -0.05) is 0 Å². The number of nitrogens with zero attached hydrogens (tertiary/aromatic N) is 6. The number of alkyl halides is 2. The summed E-state index contributed by atoms with van der Waals surface area (Å²) in [6.45, 7) is 3.35. The Morgan fingerprint density at radius 1 is 1.23 bits per heavy atom. The van der Waals surface area contributed by atoms with Crippen LogP contribution in [-0.4, -0.2) is 55.6 Å². The topological polar surface area (TPSA) is 90.1 Å². The summed E-state index contributed by atoms with van der Waals surface area (Å²) in [4.78, 5) is 28.0. The molecule has 1 aliphatic heterocycles. The van der Waals surface area contributed by atoms with E-state index < -0.39 is 17.8 Å². The molecule has 35 heavy (non-hydrogen) atoms. The first-order valence-corrected chi connectivity index (χ1v) is 11.9. The van der Waals surface area contributed by atoms with Crippen LogP contribution in [-0.2, 0) is 20.0 Å². The highest BCUT2D eigenvalue weighted by molar-refractivity contribution is 5.92. The van der Waals surface area contributed by atoms with Crippen molar-refractivity contribution in [1.29, 1.82) is 0 Å². The lowest BCUT2D eigenvalue weighted by Crippen LogP contribution is -2.28. The van der Waals surface area contributed by atoms with Crippen molar-refractivity contribution in [1.82, 2.24) is 29.4 Å². The lowest BCUT2D eigenvalue weighted by Gasteiger charge is -2.22. The number of ether oxygens (including phenoxy) is 1. The third-order valence-corrected chi connectivity index (χ3v) is 7.34. The number of aryl methyl sites for hydroxylation is 1. The van der Waals surface area contributed by atoms with Crippen molar-refractivity contribution in [3.8, 4) is 5.88 Å². The third-order valence-electron chi connectivity index (χ3n) is 7.34. The quantitative estimate of drug-likeness (QED) is 0.556. The zero-order valence-corrected chi connectivity index (χ0v) is 19.6. The van der Waals surface area contributed by atoms with Crippen LogP contribution in [0.25, 0.3) is 0 Å². The largest absolute Gasteiger partial charge is 0.478 e. The molecule has 1 amide bonds. The Bertz CT molecular complexity index is 1270. The molecule has 3 aromatic heterocycles. The Morgan fingerprint density at radius 2 is 2.03 bits per heavy atom. The molecule has 1 saturated carbocycles. The number of hydrogen-bond donors (Lipinski definition) is 1. The fourth-order valence-corrected chi connectivity index (χ4v) is 5.33. The SMILES string of the molecule is CCOc1nc(N2CC3C(C2)C3(F)F)ccc1Cn1cnc(C(=O)N[C@@H]2CCc3c2ncn3C)c1. The number of amides is 1. The summed E-state index contributed by atoms with van der Waals surface area (Å²) in [6, 6.07) is 3.63. The van der Waals surface area contributed by atoms with Gasteiger partial charge in [0.05, 0.1) is 49.4 Å². The Kier molecular flexibility index (Phi) is 5.05. The van der Waals surface area contributed by atoms with Gasteiger partial charge in [-0.2, -0.15) is 4.98 Å². The first-order chi connectivity index (χ1) is 16.8. The molecule has 2 aliphatic carbocycles. The molecule has 6 rings (SSSR count). The highest BCUT2D eigenvalue weighted by Crippen LogP contribution is 2.59. The summed E-state index contributed by atoms with van der Waals surface area (Å²) in [5.41, 5.74) is 3.23. The van der Waals surface area contributed by atoms with Gasteiger partial charge < -0.3 is 24.1 Å². The first kappa shape index (κ1) is 22.0. The molecule has 2 unspecified atom stereocenters. The molecule has 3 atom stereocenters. The van der Waals surface area contributed by atoms with E-state index in [0.717, 1.165) is 29.8 Å². The summed E-state index contributed by atoms with van der Waals surface area (Å²) < 4.78 is 36.7. The van der Waals surface area contributed by atoms with E-state index in [1.165, 1.54) is 0 Å². The molecule has 3 aliphatic rings. The molecule has 1 saturated heterocycles. The molecule has 0 bridgehead atoms. The molecule has 1 N–H and O–H groups in total. The summed E-state index contributed by atoms with van der Waals surface area (Å²) >= 11 is 0. The first-order valence-electron chi connectivity index (χ1n) is 11.9. The lowest BCUT2D eigenvalue weighted by molar-refractivity contribution is 0.0796. The number of anilines is 1. The van der Waals surface area contributed by atoms with Crippen LogP contribution < -0.4 is 15.0 Å². The van der Waals surface area contributed by atoms with Gasteiger partial charge >= 0.3 is 0 Å². The average Bonchev–Trinajstić information content (AvgIpc) is 3.47. The van der Waals surface area contributed by atoms with Gasteiger partial charge in [0.1, 0.15) is 11.5 Å². The minimum absolute atomic E-state index is 0.110. The molecule has 0 aromatic carbocycles. The van der Waals surface area contributed by atoms with E-state index >= 15 is 0 Å². The second kappa shape index (κ2) is 8.03. The van der Waals surface area contributed by atoms with Gasteiger partial charge in [0.25, 0.3) is 11.8 Å². The molecule has 9 nitrogen and oxygen atoms in total. The number of pyridine rings is 1. The smallest absolute Gasteiger partial charge is 0.272 e. The molecule has 4 heterocycles. The number of piperidine rings is 1. The van der Waals surface area contributed by atoms with Gasteiger partial charge in [0, 0.05) is 37.6 Å². The number of fused-ring (bicyclic) bond motifs is 2. The molecular formula is C24H27F2N7O2. The maximum atomic E-state index is 13.6. The normalized spacial score (nSPS) is 23.8. The highest BCUT2D eigenvalue weighted by Gasteiger charge is 2.71. The van der Waals surface area contributed by atoms with Crippen molar-refractivity contribution in [3.63, 3.8) is 0 Å². The minimum atomic E-state index is -2.53. The van der Waals surface area contributed by atoms with Crippen molar-refractivity contribution in [2.75, 3.05) is 24.6 Å². The monoisotopic (exact) mass is 483 g/mol. The van der Waals surface area contributed by atoms with Gasteiger partial charge in [-0.25, -0.2) is 18.7 Å². The number of rotatable bonds is 7. The van der Waals surface area contributed by atoms with Crippen LogP contribution in [0.1, 0.15) is 46.8 Å². The number of imidazole rings is 2. The zero-order chi connectivity index (χ0) is 24.3. The maximum absolute atomic E-state index is 13.6. The van der Waals surface area contributed by atoms with Gasteiger partial charge in [-0.15, -0.1) is 0 Å². The summed E-state index contributed by atoms with van der Waals surface area (Å²) in [7, 11) is 1.96. The predicted molar refractivity (Wildman–Crippen MR) is 123 cm³/mol.